The van der Waals surface area contributed by atoms with Crippen molar-refractivity contribution < 1.29 is 9.59 Å². The summed E-state index contributed by atoms with van der Waals surface area (Å²) in [6.45, 7) is 9.56. The molecular weight excluding hydrogens is 378 g/mol. The molecule has 0 spiro atoms. The molecule has 2 amide bonds. The average molecular weight is 412 g/mol. The monoisotopic (exact) mass is 411 g/mol. The van der Waals surface area contributed by atoms with Crippen molar-refractivity contribution in [1.29, 1.82) is 0 Å². The number of nitrogens with zero attached hydrogens (tertiary/aromatic N) is 5. The van der Waals surface area contributed by atoms with Crippen molar-refractivity contribution in [2.45, 2.75) is 45.6 Å². The quantitative estimate of drug-likeness (QED) is 0.764. The molecule has 0 aliphatic carbocycles. The average Bonchev–Trinajstić information content (AvgIpc) is 2.75. The van der Waals surface area contributed by atoms with E-state index in [9.17, 15) is 9.59 Å². The first-order valence-electron chi connectivity index (χ1n) is 11.1. The number of hydrazone groups is 1. The van der Waals surface area contributed by atoms with Crippen LogP contribution in [0.3, 0.4) is 0 Å². The summed E-state index contributed by atoms with van der Waals surface area (Å²) in [6.07, 6.45) is 3.25. The largest absolute Gasteiger partial charge is 0.335 e. The number of amides is 2. The van der Waals surface area contributed by atoms with E-state index >= 15 is 0 Å². The van der Waals surface area contributed by atoms with Crippen molar-refractivity contribution in [2.75, 3.05) is 51.3 Å². The number of rotatable bonds is 3. The number of carbonyl (C=O) groups is 2. The Morgan fingerprint density at radius 2 is 1.83 bits per heavy atom. The Hall–Kier alpha value is -2.25. The van der Waals surface area contributed by atoms with Crippen molar-refractivity contribution in [3.63, 3.8) is 0 Å². The van der Waals surface area contributed by atoms with E-state index in [-0.39, 0.29) is 11.8 Å². The minimum atomic E-state index is -0.0495. The molecular formula is C23H33N5O2. The lowest BCUT2D eigenvalue weighted by Crippen LogP contribution is -2.56. The molecule has 0 bridgehead atoms. The molecule has 7 heteroatoms. The Morgan fingerprint density at radius 3 is 2.57 bits per heavy atom. The summed E-state index contributed by atoms with van der Waals surface area (Å²) in [5.74, 6) is -0.0651. The van der Waals surface area contributed by atoms with E-state index in [0.717, 1.165) is 49.5 Å². The third-order valence-electron chi connectivity index (χ3n) is 6.59. The first-order valence-corrected chi connectivity index (χ1v) is 11.1. The molecule has 4 rings (SSSR count). The van der Waals surface area contributed by atoms with Gasteiger partial charge in [0.2, 0.25) is 5.91 Å². The Kier molecular flexibility index (Phi) is 6.20. The van der Waals surface area contributed by atoms with Gasteiger partial charge in [0.15, 0.2) is 0 Å². The Balaban J connectivity index is 1.43. The highest BCUT2D eigenvalue weighted by Gasteiger charge is 2.32. The molecule has 3 aliphatic rings. The Morgan fingerprint density at radius 1 is 1.07 bits per heavy atom. The van der Waals surface area contributed by atoms with Crippen LogP contribution in [0.4, 0.5) is 5.69 Å². The number of likely N-dealkylation sites (tertiary alicyclic amines) is 1. The first-order chi connectivity index (χ1) is 14.4. The maximum atomic E-state index is 13.2. The first kappa shape index (κ1) is 21.0. The van der Waals surface area contributed by atoms with E-state index in [4.69, 9.17) is 0 Å². The van der Waals surface area contributed by atoms with Crippen LogP contribution in [0.15, 0.2) is 23.3 Å². The van der Waals surface area contributed by atoms with Crippen molar-refractivity contribution in [1.82, 2.24) is 14.7 Å². The summed E-state index contributed by atoms with van der Waals surface area (Å²) in [4.78, 5) is 32.5. The summed E-state index contributed by atoms with van der Waals surface area (Å²) in [6, 6.07) is 6.58. The van der Waals surface area contributed by atoms with Crippen molar-refractivity contribution in [2.24, 2.45) is 5.10 Å². The fraction of sp³-hybridized carbons (Fsp3) is 0.609. The van der Waals surface area contributed by atoms with Crippen molar-refractivity contribution >= 4 is 23.2 Å². The van der Waals surface area contributed by atoms with Crippen LogP contribution in [0.1, 0.15) is 36.8 Å². The van der Waals surface area contributed by atoms with E-state index in [1.165, 1.54) is 24.4 Å². The van der Waals surface area contributed by atoms with Gasteiger partial charge in [-0.25, -0.2) is 5.01 Å². The highest BCUT2D eigenvalue weighted by molar-refractivity contribution is 6.40. The number of hydrogen-bond donors (Lipinski definition) is 0. The molecule has 3 aliphatic heterocycles. The SMILES string of the molecule is Cc1ccc(C)c(N2N=C(C(=O)N3CCN(C4CCCN(C)C4)CC3)CCC2=O)c1. The number of benzene rings is 1. The summed E-state index contributed by atoms with van der Waals surface area (Å²) in [5, 5.41) is 5.96. The van der Waals surface area contributed by atoms with Gasteiger partial charge in [-0.15, -0.1) is 0 Å². The molecule has 0 saturated carbocycles. The third kappa shape index (κ3) is 4.42. The highest BCUT2D eigenvalue weighted by Crippen LogP contribution is 2.26. The third-order valence-corrected chi connectivity index (χ3v) is 6.59. The second-order valence-electron chi connectivity index (χ2n) is 8.93. The van der Waals surface area contributed by atoms with Crippen LogP contribution < -0.4 is 5.01 Å². The molecule has 0 radical (unpaired) electrons. The molecule has 1 aromatic rings. The molecule has 162 valence electrons. The second-order valence-corrected chi connectivity index (χ2v) is 8.93. The normalized spacial score (nSPS) is 24.2. The molecule has 1 aromatic carbocycles. The van der Waals surface area contributed by atoms with Crippen LogP contribution in [-0.4, -0.2) is 84.6 Å². The second kappa shape index (κ2) is 8.86. The number of aryl methyl sites for hydroxylation is 2. The van der Waals surface area contributed by atoms with Crippen molar-refractivity contribution in [3.05, 3.63) is 29.3 Å². The number of likely N-dealkylation sites (N-methyl/N-ethyl adjacent to an activating group) is 1. The van der Waals surface area contributed by atoms with Gasteiger partial charge in [-0.2, -0.15) is 5.10 Å². The van der Waals surface area contributed by atoms with Gasteiger partial charge in [0.25, 0.3) is 5.91 Å². The zero-order valence-corrected chi connectivity index (χ0v) is 18.4. The summed E-state index contributed by atoms with van der Waals surface area (Å²) in [5.41, 5.74) is 3.33. The minimum absolute atomic E-state index is 0.0155. The molecule has 0 aromatic heterocycles. The predicted molar refractivity (Wildman–Crippen MR) is 119 cm³/mol. The fourth-order valence-electron chi connectivity index (χ4n) is 4.75. The van der Waals surface area contributed by atoms with Gasteiger partial charge >= 0.3 is 0 Å². The van der Waals surface area contributed by atoms with Crippen LogP contribution >= 0.6 is 0 Å². The van der Waals surface area contributed by atoms with E-state index in [1.807, 2.05) is 36.9 Å². The number of piperidine rings is 1. The van der Waals surface area contributed by atoms with E-state index in [1.54, 1.807) is 0 Å². The molecule has 7 nitrogen and oxygen atoms in total. The maximum absolute atomic E-state index is 13.2. The maximum Gasteiger partial charge on any atom is 0.270 e. The lowest BCUT2D eigenvalue weighted by molar-refractivity contribution is -0.126. The van der Waals surface area contributed by atoms with Crippen LogP contribution in [0.25, 0.3) is 0 Å². The molecule has 3 heterocycles. The topological polar surface area (TPSA) is 59.5 Å². The standard InChI is InChI=1S/C23H33N5O2/c1-17-6-7-18(2)21(15-17)28-22(29)9-8-20(24-28)23(30)27-13-11-26(12-14-27)19-5-4-10-25(3)16-19/h6-7,15,19H,4-5,8-14,16H2,1-3H3. The molecule has 1 atom stereocenters. The minimum Gasteiger partial charge on any atom is -0.335 e. The molecule has 30 heavy (non-hydrogen) atoms. The molecule has 0 N–H and O–H groups in total. The van der Waals surface area contributed by atoms with Gasteiger partial charge in [0.1, 0.15) is 5.71 Å². The number of hydrogen-bond acceptors (Lipinski definition) is 5. The molecule has 2 saturated heterocycles. The summed E-state index contributed by atoms with van der Waals surface area (Å²) >= 11 is 0. The summed E-state index contributed by atoms with van der Waals surface area (Å²) < 4.78 is 0. The Labute approximate surface area is 179 Å². The zero-order chi connectivity index (χ0) is 21.3. The fourth-order valence-corrected chi connectivity index (χ4v) is 4.75. The van der Waals surface area contributed by atoms with Gasteiger partial charge in [0.05, 0.1) is 5.69 Å². The van der Waals surface area contributed by atoms with Crippen LogP contribution in [-0.2, 0) is 9.59 Å². The Bertz CT molecular complexity index is 844. The predicted octanol–water partition coefficient (Wildman–Crippen LogP) is 2.02. The smallest absolute Gasteiger partial charge is 0.270 e. The summed E-state index contributed by atoms with van der Waals surface area (Å²) in [7, 11) is 2.19. The molecule has 2 fully saturated rings. The van der Waals surface area contributed by atoms with E-state index < -0.39 is 0 Å². The highest BCUT2D eigenvalue weighted by atomic mass is 16.2. The van der Waals surface area contributed by atoms with E-state index in [2.05, 4.69) is 21.9 Å². The van der Waals surface area contributed by atoms with E-state index in [0.29, 0.717) is 24.6 Å². The van der Waals surface area contributed by atoms with Crippen LogP contribution in [0.5, 0.6) is 0 Å². The van der Waals surface area contributed by atoms with Gasteiger partial charge in [-0.1, -0.05) is 12.1 Å². The van der Waals surface area contributed by atoms with Crippen molar-refractivity contribution in [3.8, 4) is 0 Å². The number of carbonyl (C=O) groups excluding carboxylic acids is 2. The zero-order valence-electron chi connectivity index (χ0n) is 18.4. The van der Waals surface area contributed by atoms with Gasteiger partial charge in [-0.3, -0.25) is 14.5 Å². The van der Waals surface area contributed by atoms with Crippen LogP contribution in [0, 0.1) is 13.8 Å². The lowest BCUT2D eigenvalue weighted by atomic mass is 10.0. The van der Waals surface area contributed by atoms with Gasteiger partial charge in [0, 0.05) is 51.6 Å². The van der Waals surface area contributed by atoms with Gasteiger partial charge < -0.3 is 9.80 Å². The number of piperazine rings is 1. The van der Waals surface area contributed by atoms with Gasteiger partial charge in [-0.05, 0) is 57.5 Å². The lowest BCUT2D eigenvalue weighted by Gasteiger charge is -2.42. The molecule has 1 unspecified atom stereocenters. The van der Waals surface area contributed by atoms with Crippen LogP contribution in [0.2, 0.25) is 0 Å². The number of anilines is 1.